The number of aliphatic hydroxyl groups is 1. The molecule has 0 aromatic rings. The van der Waals surface area contributed by atoms with Crippen LogP contribution in [-0.4, -0.2) is 17.0 Å². The third-order valence-electron chi connectivity index (χ3n) is 0.911. The molecule has 2 heteroatoms. The van der Waals surface area contributed by atoms with Crippen LogP contribution in [0.2, 0.25) is 0 Å². The Kier molecular flexibility index (Phi) is 3.97. The second kappa shape index (κ2) is 4.27. The molecule has 0 fully saturated rings. The number of carbonyl (C=O) groups is 1. The van der Waals surface area contributed by atoms with Gasteiger partial charge in [-0.05, 0) is 13.8 Å². The molecule has 0 aliphatic heterocycles. The fourth-order valence-corrected chi connectivity index (χ4v) is 0.585. The highest BCUT2D eigenvalue weighted by molar-refractivity contribution is 5.76. The van der Waals surface area contributed by atoms with Crippen molar-refractivity contribution in [2.24, 2.45) is 0 Å². The summed E-state index contributed by atoms with van der Waals surface area (Å²) in [6, 6.07) is 0. The first-order valence-electron chi connectivity index (χ1n) is 2.97. The summed E-state index contributed by atoms with van der Waals surface area (Å²) >= 11 is 0. The van der Waals surface area contributed by atoms with Crippen molar-refractivity contribution in [2.75, 3.05) is 0 Å². The van der Waals surface area contributed by atoms with Crippen LogP contribution < -0.4 is 0 Å². The van der Waals surface area contributed by atoms with Gasteiger partial charge in [0.05, 0.1) is 6.10 Å². The van der Waals surface area contributed by atoms with E-state index in [-0.39, 0.29) is 12.2 Å². The van der Waals surface area contributed by atoms with Crippen LogP contribution in [-0.2, 0) is 4.79 Å². The molecule has 0 rings (SSSR count). The molecule has 0 aromatic heterocycles. The van der Waals surface area contributed by atoms with Gasteiger partial charge in [-0.2, -0.15) is 0 Å². The number of rotatable bonds is 3. The van der Waals surface area contributed by atoms with Gasteiger partial charge in [-0.1, -0.05) is 12.2 Å². The van der Waals surface area contributed by atoms with Crippen molar-refractivity contribution in [3.05, 3.63) is 12.2 Å². The molecule has 0 aromatic carbocycles. The Hall–Kier alpha value is -0.630. The quantitative estimate of drug-likeness (QED) is 0.573. The van der Waals surface area contributed by atoms with E-state index in [1.54, 1.807) is 12.2 Å². The highest BCUT2D eigenvalue weighted by atomic mass is 16.3. The van der Waals surface area contributed by atoms with Gasteiger partial charge in [0.2, 0.25) is 0 Å². The zero-order chi connectivity index (χ0) is 7.28. The van der Waals surface area contributed by atoms with E-state index in [1.165, 1.54) is 6.92 Å². The van der Waals surface area contributed by atoms with Crippen molar-refractivity contribution in [1.82, 2.24) is 0 Å². The molecule has 2 nitrogen and oxygen atoms in total. The maximum absolute atomic E-state index is 10.3. The summed E-state index contributed by atoms with van der Waals surface area (Å²) in [5.74, 6) is 0.0144. The van der Waals surface area contributed by atoms with Crippen LogP contribution in [0.5, 0.6) is 0 Å². The van der Waals surface area contributed by atoms with Crippen molar-refractivity contribution >= 4 is 5.78 Å². The lowest BCUT2D eigenvalue weighted by Gasteiger charge is -1.98. The summed E-state index contributed by atoms with van der Waals surface area (Å²) in [6.07, 6.45) is 2.96. The smallest absolute Gasteiger partial charge is 0.132 e. The molecule has 1 atom stereocenters. The first kappa shape index (κ1) is 8.37. The number of Topliss-reactive ketones (excluding diaryl/α,β-unsaturated/α-hetero) is 1. The van der Waals surface area contributed by atoms with Crippen LogP contribution in [0.4, 0.5) is 0 Å². The molecule has 0 aliphatic rings. The topological polar surface area (TPSA) is 37.3 Å². The standard InChI is InChI=1S/C7H12O2/c1-3-4-7(9)5-6(2)8/h3-4,7,9H,5H2,1-2H3/b4-3+/t7-/m0/s1. The molecular weight excluding hydrogens is 116 g/mol. The van der Waals surface area contributed by atoms with Crippen LogP contribution >= 0.6 is 0 Å². The average Bonchev–Trinajstić information content (AvgIpc) is 1.63. The largest absolute Gasteiger partial charge is 0.389 e. The Bertz CT molecular complexity index is 116. The van der Waals surface area contributed by atoms with E-state index < -0.39 is 6.10 Å². The molecule has 0 bridgehead atoms. The molecule has 0 amide bonds. The van der Waals surface area contributed by atoms with Gasteiger partial charge in [-0.25, -0.2) is 0 Å². The molecule has 0 spiro atoms. The van der Waals surface area contributed by atoms with Crippen LogP contribution in [0.3, 0.4) is 0 Å². The van der Waals surface area contributed by atoms with E-state index in [0.29, 0.717) is 0 Å². The molecule has 0 aliphatic carbocycles. The minimum absolute atomic E-state index is 0.0144. The minimum atomic E-state index is -0.590. The fraction of sp³-hybridized carbons (Fsp3) is 0.571. The summed E-state index contributed by atoms with van der Waals surface area (Å²) in [5, 5.41) is 8.91. The number of aliphatic hydroxyl groups excluding tert-OH is 1. The Balaban J connectivity index is 3.50. The molecule has 9 heavy (non-hydrogen) atoms. The van der Waals surface area contributed by atoms with Gasteiger partial charge < -0.3 is 5.11 Å². The maximum Gasteiger partial charge on any atom is 0.132 e. The van der Waals surface area contributed by atoms with Gasteiger partial charge >= 0.3 is 0 Å². The molecule has 0 radical (unpaired) electrons. The first-order valence-corrected chi connectivity index (χ1v) is 2.97. The summed E-state index contributed by atoms with van der Waals surface area (Å²) in [6.45, 7) is 3.27. The predicted octanol–water partition coefficient (Wildman–Crippen LogP) is 0.903. The van der Waals surface area contributed by atoms with Crippen LogP contribution in [0.15, 0.2) is 12.2 Å². The summed E-state index contributed by atoms with van der Waals surface area (Å²) in [7, 11) is 0. The Morgan fingerprint density at radius 2 is 2.33 bits per heavy atom. The fourth-order valence-electron chi connectivity index (χ4n) is 0.585. The summed E-state index contributed by atoms with van der Waals surface area (Å²) in [4.78, 5) is 10.3. The SMILES string of the molecule is C/C=C/[C@H](O)CC(C)=O. The maximum atomic E-state index is 10.3. The minimum Gasteiger partial charge on any atom is -0.389 e. The number of ketones is 1. The van der Waals surface area contributed by atoms with Crippen molar-refractivity contribution in [3.63, 3.8) is 0 Å². The van der Waals surface area contributed by atoms with E-state index in [1.807, 2.05) is 6.92 Å². The first-order chi connectivity index (χ1) is 4.16. The average molecular weight is 128 g/mol. The van der Waals surface area contributed by atoms with Gasteiger partial charge in [0.15, 0.2) is 0 Å². The van der Waals surface area contributed by atoms with Gasteiger partial charge in [0.1, 0.15) is 5.78 Å². The number of carbonyl (C=O) groups excluding carboxylic acids is 1. The lowest BCUT2D eigenvalue weighted by molar-refractivity contribution is -0.118. The van der Waals surface area contributed by atoms with Crippen molar-refractivity contribution in [3.8, 4) is 0 Å². The van der Waals surface area contributed by atoms with Gasteiger partial charge in [0.25, 0.3) is 0 Å². The normalized spacial score (nSPS) is 14.1. The summed E-state index contributed by atoms with van der Waals surface area (Å²) in [5.41, 5.74) is 0. The monoisotopic (exact) mass is 128 g/mol. The second-order valence-corrected chi connectivity index (χ2v) is 2.00. The Labute approximate surface area is 55.2 Å². The van der Waals surface area contributed by atoms with Crippen molar-refractivity contribution in [2.45, 2.75) is 26.4 Å². The highest BCUT2D eigenvalue weighted by Crippen LogP contribution is 1.93. The van der Waals surface area contributed by atoms with Crippen LogP contribution in [0.1, 0.15) is 20.3 Å². The molecule has 1 N–H and O–H groups in total. The lowest BCUT2D eigenvalue weighted by atomic mass is 10.2. The van der Waals surface area contributed by atoms with Gasteiger partial charge in [-0.15, -0.1) is 0 Å². The molecule has 0 unspecified atom stereocenters. The highest BCUT2D eigenvalue weighted by Gasteiger charge is 2.00. The lowest BCUT2D eigenvalue weighted by Crippen LogP contribution is -2.06. The second-order valence-electron chi connectivity index (χ2n) is 2.00. The summed E-state index contributed by atoms with van der Waals surface area (Å²) < 4.78 is 0. The Morgan fingerprint density at radius 3 is 2.67 bits per heavy atom. The molecule has 0 heterocycles. The number of hydrogen-bond acceptors (Lipinski definition) is 2. The van der Waals surface area contributed by atoms with Gasteiger partial charge in [0, 0.05) is 6.42 Å². The van der Waals surface area contributed by atoms with E-state index in [0.717, 1.165) is 0 Å². The molecule has 0 saturated carbocycles. The third kappa shape index (κ3) is 5.24. The van der Waals surface area contributed by atoms with E-state index >= 15 is 0 Å². The van der Waals surface area contributed by atoms with Crippen LogP contribution in [0.25, 0.3) is 0 Å². The zero-order valence-electron chi connectivity index (χ0n) is 5.79. The van der Waals surface area contributed by atoms with E-state index in [4.69, 9.17) is 5.11 Å². The van der Waals surface area contributed by atoms with Crippen molar-refractivity contribution < 1.29 is 9.90 Å². The zero-order valence-corrected chi connectivity index (χ0v) is 5.79. The van der Waals surface area contributed by atoms with E-state index in [2.05, 4.69) is 0 Å². The molecule has 52 valence electrons. The predicted molar refractivity (Wildman–Crippen MR) is 36.1 cm³/mol. The number of allylic oxidation sites excluding steroid dienone is 1. The molecule has 0 saturated heterocycles. The van der Waals surface area contributed by atoms with Gasteiger partial charge in [-0.3, -0.25) is 4.79 Å². The number of hydrogen-bond donors (Lipinski definition) is 1. The van der Waals surface area contributed by atoms with E-state index in [9.17, 15) is 4.79 Å². The Morgan fingerprint density at radius 1 is 1.78 bits per heavy atom. The third-order valence-corrected chi connectivity index (χ3v) is 0.911. The van der Waals surface area contributed by atoms with Crippen molar-refractivity contribution in [1.29, 1.82) is 0 Å². The van der Waals surface area contributed by atoms with Crippen LogP contribution in [0, 0.1) is 0 Å². The molecular formula is C7H12O2.